The molecule has 0 aromatic carbocycles. The number of carbonyl (C=O) groups excluding carboxylic acids is 1. The molecule has 0 bridgehead atoms. The molecule has 0 aliphatic heterocycles. The Balaban J connectivity index is 3.41. The van der Waals surface area contributed by atoms with Crippen LogP contribution in [0.25, 0.3) is 0 Å². The molecule has 0 saturated carbocycles. The van der Waals surface area contributed by atoms with E-state index in [1.165, 1.54) is 0 Å². The first-order valence-electron chi connectivity index (χ1n) is 5.28. The highest BCUT2D eigenvalue weighted by Gasteiger charge is 2.15. The van der Waals surface area contributed by atoms with Crippen LogP contribution >= 0.6 is 0 Å². The second-order valence-corrected chi connectivity index (χ2v) is 4.47. The lowest BCUT2D eigenvalue weighted by molar-refractivity contribution is -0.154. The van der Waals surface area contributed by atoms with Gasteiger partial charge in [-0.2, -0.15) is 0 Å². The van der Waals surface area contributed by atoms with Crippen LogP contribution in [0.5, 0.6) is 0 Å². The summed E-state index contributed by atoms with van der Waals surface area (Å²) in [6.07, 6.45) is 6.59. The Morgan fingerprint density at radius 2 is 1.93 bits per heavy atom. The molecule has 82 valence electrons. The maximum absolute atomic E-state index is 11.2. The number of hydrogen-bond donors (Lipinski definition) is 0. The summed E-state index contributed by atoms with van der Waals surface area (Å²) in [5.74, 6) is -0.0869. The van der Waals surface area contributed by atoms with Gasteiger partial charge in [0.15, 0.2) is 0 Å². The Labute approximate surface area is 87.3 Å². The van der Waals surface area contributed by atoms with Crippen molar-refractivity contribution in [1.29, 1.82) is 0 Å². The molecular weight excluding hydrogens is 176 g/mol. The molecule has 0 fully saturated rings. The van der Waals surface area contributed by atoms with Gasteiger partial charge in [0.05, 0.1) is 0 Å². The van der Waals surface area contributed by atoms with E-state index in [0.717, 1.165) is 25.7 Å². The van der Waals surface area contributed by atoms with Crippen molar-refractivity contribution in [3.63, 3.8) is 0 Å². The molecule has 0 aromatic heterocycles. The van der Waals surface area contributed by atoms with Crippen molar-refractivity contribution in [2.75, 3.05) is 0 Å². The smallest absolute Gasteiger partial charge is 0.306 e. The Kier molecular flexibility index (Phi) is 6.26. The standard InChI is InChI=1S/C12H22O2/c1-5-6-7-8-9-10-11(13)14-12(2,3)4/h5H,1,6-10H2,2-4H3. The molecule has 0 amide bonds. The van der Waals surface area contributed by atoms with Gasteiger partial charge in [-0.3, -0.25) is 4.79 Å². The van der Waals surface area contributed by atoms with E-state index >= 15 is 0 Å². The summed E-state index contributed by atoms with van der Waals surface area (Å²) in [6, 6.07) is 0. The van der Waals surface area contributed by atoms with Crippen molar-refractivity contribution in [2.24, 2.45) is 0 Å². The van der Waals surface area contributed by atoms with Crippen LogP contribution in [0, 0.1) is 0 Å². The highest BCUT2D eigenvalue weighted by molar-refractivity contribution is 5.69. The molecule has 0 rings (SSSR count). The average molecular weight is 198 g/mol. The van der Waals surface area contributed by atoms with Crippen LogP contribution in [-0.4, -0.2) is 11.6 Å². The number of ether oxygens (including phenoxy) is 1. The fourth-order valence-corrected chi connectivity index (χ4v) is 1.13. The van der Waals surface area contributed by atoms with E-state index in [-0.39, 0.29) is 11.6 Å². The van der Waals surface area contributed by atoms with Gasteiger partial charge in [0.25, 0.3) is 0 Å². The minimum absolute atomic E-state index is 0.0869. The lowest BCUT2D eigenvalue weighted by Gasteiger charge is -2.19. The maximum Gasteiger partial charge on any atom is 0.306 e. The van der Waals surface area contributed by atoms with Gasteiger partial charge >= 0.3 is 5.97 Å². The molecular formula is C12H22O2. The van der Waals surface area contributed by atoms with Crippen molar-refractivity contribution in [1.82, 2.24) is 0 Å². The first-order chi connectivity index (χ1) is 6.45. The molecule has 2 nitrogen and oxygen atoms in total. The van der Waals surface area contributed by atoms with E-state index in [0.29, 0.717) is 6.42 Å². The van der Waals surface area contributed by atoms with Gasteiger partial charge in [-0.05, 0) is 40.0 Å². The molecule has 0 atom stereocenters. The van der Waals surface area contributed by atoms with E-state index in [9.17, 15) is 4.79 Å². The zero-order valence-corrected chi connectivity index (χ0v) is 9.64. The van der Waals surface area contributed by atoms with Gasteiger partial charge in [-0.1, -0.05) is 12.5 Å². The lowest BCUT2D eigenvalue weighted by Crippen LogP contribution is -2.23. The third-order valence-electron chi connectivity index (χ3n) is 1.71. The minimum Gasteiger partial charge on any atom is -0.460 e. The maximum atomic E-state index is 11.2. The van der Waals surface area contributed by atoms with Gasteiger partial charge in [0, 0.05) is 6.42 Å². The van der Waals surface area contributed by atoms with E-state index in [2.05, 4.69) is 6.58 Å². The predicted molar refractivity (Wildman–Crippen MR) is 59.1 cm³/mol. The van der Waals surface area contributed by atoms with Gasteiger partial charge in [-0.25, -0.2) is 0 Å². The highest BCUT2D eigenvalue weighted by Crippen LogP contribution is 2.10. The summed E-state index contributed by atoms with van der Waals surface area (Å²) in [5, 5.41) is 0. The summed E-state index contributed by atoms with van der Waals surface area (Å²) >= 11 is 0. The monoisotopic (exact) mass is 198 g/mol. The molecule has 0 radical (unpaired) electrons. The molecule has 0 aliphatic carbocycles. The van der Waals surface area contributed by atoms with Crippen LogP contribution < -0.4 is 0 Å². The first kappa shape index (κ1) is 13.2. The molecule has 0 N–H and O–H groups in total. The molecule has 2 heteroatoms. The Morgan fingerprint density at radius 1 is 1.29 bits per heavy atom. The third-order valence-corrected chi connectivity index (χ3v) is 1.71. The van der Waals surface area contributed by atoms with Crippen molar-refractivity contribution < 1.29 is 9.53 Å². The molecule has 0 spiro atoms. The fraction of sp³-hybridized carbons (Fsp3) is 0.750. The van der Waals surface area contributed by atoms with Crippen LogP contribution in [0.3, 0.4) is 0 Å². The number of esters is 1. The van der Waals surface area contributed by atoms with E-state index in [1.54, 1.807) is 0 Å². The van der Waals surface area contributed by atoms with Crippen molar-refractivity contribution in [2.45, 2.75) is 58.5 Å². The summed E-state index contributed by atoms with van der Waals surface area (Å²) in [4.78, 5) is 11.2. The van der Waals surface area contributed by atoms with E-state index < -0.39 is 0 Å². The molecule has 0 saturated heterocycles. The van der Waals surface area contributed by atoms with Gasteiger partial charge < -0.3 is 4.74 Å². The van der Waals surface area contributed by atoms with Crippen LogP contribution in [0.1, 0.15) is 52.9 Å². The summed E-state index contributed by atoms with van der Waals surface area (Å²) in [6.45, 7) is 9.32. The Morgan fingerprint density at radius 3 is 2.43 bits per heavy atom. The normalized spacial score (nSPS) is 11.1. The Bertz CT molecular complexity index is 177. The molecule has 0 aromatic rings. The zero-order chi connectivity index (χ0) is 11.0. The largest absolute Gasteiger partial charge is 0.460 e. The van der Waals surface area contributed by atoms with E-state index in [4.69, 9.17) is 4.74 Å². The lowest BCUT2D eigenvalue weighted by atomic mass is 10.1. The van der Waals surface area contributed by atoms with Crippen molar-refractivity contribution >= 4 is 5.97 Å². The SMILES string of the molecule is C=CCCCCCC(=O)OC(C)(C)C. The zero-order valence-electron chi connectivity index (χ0n) is 9.64. The van der Waals surface area contributed by atoms with Gasteiger partial charge in [0.1, 0.15) is 5.60 Å². The number of unbranched alkanes of at least 4 members (excludes halogenated alkanes) is 3. The van der Waals surface area contributed by atoms with Crippen LogP contribution in [0.15, 0.2) is 12.7 Å². The quantitative estimate of drug-likeness (QED) is 0.371. The average Bonchev–Trinajstić information content (AvgIpc) is 2.00. The number of allylic oxidation sites excluding steroid dienone is 1. The first-order valence-corrected chi connectivity index (χ1v) is 5.28. The summed E-state index contributed by atoms with van der Waals surface area (Å²) < 4.78 is 5.19. The summed E-state index contributed by atoms with van der Waals surface area (Å²) in [5.41, 5.74) is -0.349. The molecule has 0 heterocycles. The van der Waals surface area contributed by atoms with Gasteiger partial charge in [0.2, 0.25) is 0 Å². The third kappa shape index (κ3) is 9.30. The Hall–Kier alpha value is -0.790. The second kappa shape index (κ2) is 6.63. The number of carbonyl (C=O) groups is 1. The predicted octanol–water partition coefficient (Wildman–Crippen LogP) is 3.46. The number of hydrogen-bond acceptors (Lipinski definition) is 2. The van der Waals surface area contributed by atoms with Crippen LogP contribution in [0.2, 0.25) is 0 Å². The summed E-state index contributed by atoms with van der Waals surface area (Å²) in [7, 11) is 0. The van der Waals surface area contributed by atoms with Crippen molar-refractivity contribution in [3.8, 4) is 0 Å². The molecule has 0 aliphatic rings. The second-order valence-electron chi connectivity index (χ2n) is 4.47. The van der Waals surface area contributed by atoms with Gasteiger partial charge in [-0.15, -0.1) is 6.58 Å². The van der Waals surface area contributed by atoms with E-state index in [1.807, 2.05) is 26.8 Å². The topological polar surface area (TPSA) is 26.3 Å². The van der Waals surface area contributed by atoms with Crippen LogP contribution in [0.4, 0.5) is 0 Å². The van der Waals surface area contributed by atoms with Crippen LogP contribution in [-0.2, 0) is 9.53 Å². The molecule has 14 heavy (non-hydrogen) atoms. The minimum atomic E-state index is -0.349. The van der Waals surface area contributed by atoms with Crippen molar-refractivity contribution in [3.05, 3.63) is 12.7 Å². The number of rotatable bonds is 6. The molecule has 0 unspecified atom stereocenters. The fourth-order valence-electron chi connectivity index (χ4n) is 1.13. The highest BCUT2D eigenvalue weighted by atomic mass is 16.6.